The zero-order chi connectivity index (χ0) is 12.4. The molecule has 1 amide bonds. The van der Waals surface area contributed by atoms with Crippen LogP contribution in [0, 0.1) is 13.8 Å². The molecule has 0 radical (unpaired) electrons. The molecule has 0 bridgehead atoms. The quantitative estimate of drug-likeness (QED) is 0.835. The molecule has 2 unspecified atom stereocenters. The van der Waals surface area contributed by atoms with E-state index in [0.717, 1.165) is 6.54 Å². The van der Waals surface area contributed by atoms with Crippen LogP contribution in [-0.4, -0.2) is 18.5 Å². The predicted molar refractivity (Wildman–Crippen MR) is 68.9 cm³/mol. The first-order valence-electron chi connectivity index (χ1n) is 6.16. The van der Waals surface area contributed by atoms with Gasteiger partial charge in [0.2, 0.25) is 5.91 Å². The summed E-state index contributed by atoms with van der Waals surface area (Å²) in [6.07, 6.45) is 0.592. The third kappa shape index (κ3) is 2.86. The fraction of sp³-hybridized carbons (Fsp3) is 0.500. The number of rotatable bonds is 3. The van der Waals surface area contributed by atoms with Gasteiger partial charge < -0.3 is 10.6 Å². The maximum absolute atomic E-state index is 11.1. The molecule has 1 fully saturated rings. The number of carbonyl (C=O) groups is 1. The highest BCUT2D eigenvalue weighted by Gasteiger charge is 2.23. The molecule has 92 valence electrons. The molecule has 3 heteroatoms. The van der Waals surface area contributed by atoms with Gasteiger partial charge in [-0.25, -0.2) is 0 Å². The average molecular weight is 232 g/mol. The minimum atomic E-state index is 0.149. The molecule has 2 atom stereocenters. The van der Waals surface area contributed by atoms with Crippen molar-refractivity contribution < 1.29 is 4.79 Å². The summed E-state index contributed by atoms with van der Waals surface area (Å²) in [5.41, 5.74) is 3.90. The zero-order valence-electron chi connectivity index (χ0n) is 10.7. The van der Waals surface area contributed by atoms with Crippen LogP contribution in [0.3, 0.4) is 0 Å². The number of amides is 1. The van der Waals surface area contributed by atoms with E-state index in [9.17, 15) is 4.79 Å². The summed E-state index contributed by atoms with van der Waals surface area (Å²) in [7, 11) is 0. The molecule has 1 aliphatic rings. The second-order valence-corrected chi connectivity index (χ2v) is 4.95. The van der Waals surface area contributed by atoms with Gasteiger partial charge in [-0.2, -0.15) is 0 Å². The van der Waals surface area contributed by atoms with Crippen molar-refractivity contribution >= 4 is 5.91 Å². The highest BCUT2D eigenvalue weighted by molar-refractivity contribution is 5.78. The Labute approximate surface area is 103 Å². The molecule has 0 saturated carbocycles. The van der Waals surface area contributed by atoms with Gasteiger partial charge in [0.15, 0.2) is 0 Å². The van der Waals surface area contributed by atoms with Crippen LogP contribution in [0.2, 0.25) is 0 Å². The SMILES string of the molecule is Cc1ccc(C)c(C(C)NC2CNC(=O)C2)c1. The highest BCUT2D eigenvalue weighted by atomic mass is 16.1. The van der Waals surface area contributed by atoms with E-state index in [4.69, 9.17) is 0 Å². The molecule has 1 heterocycles. The summed E-state index contributed by atoms with van der Waals surface area (Å²) < 4.78 is 0. The van der Waals surface area contributed by atoms with Gasteiger partial charge in [0.05, 0.1) is 0 Å². The number of benzene rings is 1. The molecule has 1 aromatic carbocycles. The molecular formula is C14H20N2O. The monoisotopic (exact) mass is 232 g/mol. The lowest BCUT2D eigenvalue weighted by Crippen LogP contribution is -2.33. The minimum absolute atomic E-state index is 0.149. The van der Waals surface area contributed by atoms with Gasteiger partial charge in [-0.1, -0.05) is 23.8 Å². The van der Waals surface area contributed by atoms with Gasteiger partial charge in [-0.3, -0.25) is 4.79 Å². The zero-order valence-corrected chi connectivity index (χ0v) is 10.7. The third-order valence-electron chi connectivity index (χ3n) is 3.36. The van der Waals surface area contributed by atoms with Crippen molar-refractivity contribution in [3.8, 4) is 0 Å². The second-order valence-electron chi connectivity index (χ2n) is 4.95. The first kappa shape index (κ1) is 12.1. The lowest BCUT2D eigenvalue weighted by Gasteiger charge is -2.20. The Morgan fingerprint density at radius 3 is 2.82 bits per heavy atom. The Morgan fingerprint density at radius 2 is 2.18 bits per heavy atom. The van der Waals surface area contributed by atoms with Crippen LogP contribution in [0.1, 0.15) is 36.1 Å². The molecule has 2 rings (SSSR count). The number of aryl methyl sites for hydroxylation is 2. The summed E-state index contributed by atoms with van der Waals surface area (Å²) in [6.45, 7) is 7.14. The predicted octanol–water partition coefficient (Wildman–Crippen LogP) is 1.84. The Hall–Kier alpha value is -1.35. The summed E-state index contributed by atoms with van der Waals surface area (Å²) in [6, 6.07) is 7.05. The molecular weight excluding hydrogens is 212 g/mol. The third-order valence-corrected chi connectivity index (χ3v) is 3.36. The second kappa shape index (κ2) is 4.88. The smallest absolute Gasteiger partial charge is 0.221 e. The molecule has 1 aromatic rings. The Bertz CT molecular complexity index is 428. The topological polar surface area (TPSA) is 41.1 Å². The van der Waals surface area contributed by atoms with Gasteiger partial charge in [0.1, 0.15) is 0 Å². The van der Waals surface area contributed by atoms with E-state index in [1.165, 1.54) is 16.7 Å². The highest BCUT2D eigenvalue weighted by Crippen LogP contribution is 2.20. The molecule has 3 nitrogen and oxygen atoms in total. The van der Waals surface area contributed by atoms with Gasteiger partial charge in [0.25, 0.3) is 0 Å². The number of carbonyl (C=O) groups excluding carboxylic acids is 1. The van der Waals surface area contributed by atoms with Crippen molar-refractivity contribution in [1.29, 1.82) is 0 Å². The van der Waals surface area contributed by atoms with Crippen LogP contribution < -0.4 is 10.6 Å². The van der Waals surface area contributed by atoms with Crippen LogP contribution >= 0.6 is 0 Å². The lowest BCUT2D eigenvalue weighted by molar-refractivity contribution is -0.119. The van der Waals surface area contributed by atoms with Gasteiger partial charge in [-0.05, 0) is 31.9 Å². The van der Waals surface area contributed by atoms with E-state index in [0.29, 0.717) is 6.42 Å². The standard InChI is InChI=1S/C14H20N2O/c1-9-4-5-10(2)13(6-9)11(3)16-12-7-14(17)15-8-12/h4-6,11-12,16H,7-8H2,1-3H3,(H,15,17). The molecule has 1 aliphatic heterocycles. The van der Waals surface area contributed by atoms with Crippen molar-refractivity contribution in [2.45, 2.75) is 39.3 Å². The number of nitrogens with one attached hydrogen (secondary N) is 2. The largest absolute Gasteiger partial charge is 0.354 e. The van der Waals surface area contributed by atoms with Crippen molar-refractivity contribution in [2.24, 2.45) is 0 Å². The van der Waals surface area contributed by atoms with Crippen LogP contribution in [-0.2, 0) is 4.79 Å². The summed E-state index contributed by atoms with van der Waals surface area (Å²) >= 11 is 0. The Morgan fingerprint density at radius 1 is 1.41 bits per heavy atom. The lowest BCUT2D eigenvalue weighted by atomic mass is 9.99. The number of hydrogen-bond donors (Lipinski definition) is 2. The van der Waals surface area contributed by atoms with Crippen molar-refractivity contribution in [2.75, 3.05) is 6.54 Å². The maximum Gasteiger partial charge on any atom is 0.221 e. The minimum Gasteiger partial charge on any atom is -0.354 e. The van der Waals surface area contributed by atoms with Gasteiger partial charge in [-0.15, -0.1) is 0 Å². The van der Waals surface area contributed by atoms with Crippen molar-refractivity contribution in [3.63, 3.8) is 0 Å². The summed E-state index contributed by atoms with van der Waals surface area (Å²) in [5, 5.41) is 6.36. The first-order valence-corrected chi connectivity index (χ1v) is 6.16. The van der Waals surface area contributed by atoms with E-state index < -0.39 is 0 Å². The van der Waals surface area contributed by atoms with Crippen LogP contribution in [0.15, 0.2) is 18.2 Å². The van der Waals surface area contributed by atoms with Crippen LogP contribution in [0.25, 0.3) is 0 Å². The van der Waals surface area contributed by atoms with Crippen LogP contribution in [0.5, 0.6) is 0 Å². The van der Waals surface area contributed by atoms with Gasteiger partial charge >= 0.3 is 0 Å². The fourth-order valence-corrected chi connectivity index (χ4v) is 2.39. The normalized spacial score (nSPS) is 21.4. The van der Waals surface area contributed by atoms with Crippen molar-refractivity contribution in [1.82, 2.24) is 10.6 Å². The van der Waals surface area contributed by atoms with Gasteiger partial charge in [0, 0.05) is 25.0 Å². The molecule has 1 saturated heterocycles. The number of hydrogen-bond acceptors (Lipinski definition) is 2. The van der Waals surface area contributed by atoms with Crippen LogP contribution in [0.4, 0.5) is 0 Å². The van der Waals surface area contributed by atoms with E-state index in [1.807, 2.05) is 0 Å². The first-order chi connectivity index (χ1) is 8.06. The summed E-state index contributed by atoms with van der Waals surface area (Å²) in [4.78, 5) is 11.1. The van der Waals surface area contributed by atoms with E-state index >= 15 is 0 Å². The van der Waals surface area contributed by atoms with E-state index in [1.54, 1.807) is 0 Å². The molecule has 0 aliphatic carbocycles. The van der Waals surface area contributed by atoms with Crippen molar-refractivity contribution in [3.05, 3.63) is 34.9 Å². The summed E-state index contributed by atoms with van der Waals surface area (Å²) in [5.74, 6) is 0.149. The molecule has 0 spiro atoms. The molecule has 0 aromatic heterocycles. The fourth-order valence-electron chi connectivity index (χ4n) is 2.39. The average Bonchev–Trinajstić information content (AvgIpc) is 2.67. The molecule has 17 heavy (non-hydrogen) atoms. The maximum atomic E-state index is 11.1. The Balaban J connectivity index is 2.06. The Kier molecular flexibility index (Phi) is 3.48. The molecule has 2 N–H and O–H groups in total. The van der Waals surface area contributed by atoms with E-state index in [2.05, 4.69) is 49.6 Å². The van der Waals surface area contributed by atoms with E-state index in [-0.39, 0.29) is 18.0 Å².